The molecule has 1 aliphatic carbocycles. The molecule has 1 nitrogen and oxygen atoms in total. The van der Waals surface area contributed by atoms with Crippen LogP contribution in [0.1, 0.15) is 36.5 Å². The minimum Gasteiger partial charge on any atom is -0.355 e. The van der Waals surface area contributed by atoms with Crippen LogP contribution in [0.5, 0.6) is 0 Å². The van der Waals surface area contributed by atoms with Crippen molar-refractivity contribution in [1.82, 2.24) is 0 Å². The summed E-state index contributed by atoms with van der Waals surface area (Å²) >= 11 is 0. The molecule has 3 aliphatic rings. The van der Waals surface area contributed by atoms with Crippen molar-refractivity contribution in [3.05, 3.63) is 59.2 Å². The van der Waals surface area contributed by atoms with E-state index in [1.165, 1.54) is 28.1 Å². The third-order valence-corrected chi connectivity index (χ3v) is 4.73. The Balaban J connectivity index is 2.04. The van der Waals surface area contributed by atoms with Gasteiger partial charge in [-0.15, -0.1) is 0 Å². The van der Waals surface area contributed by atoms with Crippen molar-refractivity contribution in [2.75, 3.05) is 5.32 Å². The smallest absolute Gasteiger partial charge is 0.0426 e. The lowest BCUT2D eigenvalue weighted by Crippen LogP contribution is -2.37. The van der Waals surface area contributed by atoms with Gasteiger partial charge in [-0.3, -0.25) is 0 Å². The Bertz CT molecular complexity index is 608. The van der Waals surface area contributed by atoms with E-state index < -0.39 is 0 Å². The molecular weight excluding hydrogens is 206 g/mol. The van der Waals surface area contributed by atoms with E-state index in [0.717, 1.165) is 0 Å². The molecular formula is C16H15N. The second kappa shape index (κ2) is 2.73. The fraction of sp³-hybridized carbons (Fsp3) is 0.250. The lowest BCUT2D eigenvalue weighted by molar-refractivity contribution is 0.447. The molecule has 2 heterocycles. The molecule has 0 radical (unpaired) electrons. The van der Waals surface area contributed by atoms with E-state index in [2.05, 4.69) is 61.6 Å². The van der Waals surface area contributed by atoms with E-state index in [4.69, 9.17) is 0 Å². The zero-order valence-corrected chi connectivity index (χ0v) is 10.1. The quantitative estimate of drug-likeness (QED) is 0.704. The first-order chi connectivity index (χ1) is 8.19. The van der Waals surface area contributed by atoms with Gasteiger partial charge in [-0.05, 0) is 40.8 Å². The minimum absolute atomic E-state index is 0.195. The molecule has 2 aliphatic heterocycles. The number of benzene rings is 2. The van der Waals surface area contributed by atoms with Crippen LogP contribution in [0.3, 0.4) is 0 Å². The highest BCUT2D eigenvalue weighted by Crippen LogP contribution is 2.54. The standard InChI is InChI=1S/C16H15N/c1-10-11-3-6-13(7-4-11)17-15-8-5-12-9-14(15)16(10,12)2/h3-10,17H,1-2H3. The maximum Gasteiger partial charge on any atom is 0.0426 e. The van der Waals surface area contributed by atoms with Crippen molar-refractivity contribution in [2.24, 2.45) is 0 Å². The predicted octanol–water partition coefficient (Wildman–Crippen LogP) is 4.17. The van der Waals surface area contributed by atoms with Crippen molar-refractivity contribution in [3.63, 3.8) is 0 Å². The molecule has 0 amide bonds. The zero-order chi connectivity index (χ0) is 11.6. The van der Waals surface area contributed by atoms with Crippen LogP contribution >= 0.6 is 0 Å². The van der Waals surface area contributed by atoms with Crippen molar-refractivity contribution in [3.8, 4) is 0 Å². The van der Waals surface area contributed by atoms with Gasteiger partial charge in [0, 0.05) is 16.8 Å². The molecule has 2 unspecified atom stereocenters. The van der Waals surface area contributed by atoms with Crippen LogP contribution in [-0.4, -0.2) is 0 Å². The Kier molecular flexibility index (Phi) is 1.49. The SMILES string of the molecule is CC1c2ccc(cc2)NC2=C3C=C(C=C2)C31C. The molecule has 2 aromatic carbocycles. The fourth-order valence-electron chi connectivity index (χ4n) is 3.31. The summed E-state index contributed by atoms with van der Waals surface area (Å²) in [6.45, 7) is 4.70. The van der Waals surface area contributed by atoms with Gasteiger partial charge in [0.15, 0.2) is 0 Å². The van der Waals surface area contributed by atoms with Gasteiger partial charge in [0.1, 0.15) is 0 Å². The monoisotopic (exact) mass is 221 g/mol. The lowest BCUT2D eigenvalue weighted by atomic mass is 9.58. The van der Waals surface area contributed by atoms with Crippen molar-refractivity contribution < 1.29 is 0 Å². The van der Waals surface area contributed by atoms with Gasteiger partial charge in [0.2, 0.25) is 0 Å². The summed E-state index contributed by atoms with van der Waals surface area (Å²) in [7, 11) is 0. The first kappa shape index (κ1) is 9.29. The van der Waals surface area contributed by atoms with Gasteiger partial charge in [-0.25, -0.2) is 0 Å². The molecule has 0 spiro atoms. The summed E-state index contributed by atoms with van der Waals surface area (Å²) < 4.78 is 0. The van der Waals surface area contributed by atoms with E-state index in [1.807, 2.05) is 0 Å². The molecule has 1 N–H and O–H groups in total. The largest absolute Gasteiger partial charge is 0.355 e. The van der Waals surface area contributed by atoms with Crippen LogP contribution in [0.2, 0.25) is 0 Å². The van der Waals surface area contributed by atoms with Gasteiger partial charge >= 0.3 is 0 Å². The molecule has 0 aromatic heterocycles. The Hall–Kier alpha value is -1.76. The first-order valence-corrected chi connectivity index (χ1v) is 6.21. The minimum atomic E-state index is 0.195. The highest BCUT2D eigenvalue weighted by Gasteiger charge is 2.44. The van der Waals surface area contributed by atoms with E-state index in [9.17, 15) is 0 Å². The summed E-state index contributed by atoms with van der Waals surface area (Å²) in [5, 5.41) is 3.53. The van der Waals surface area contributed by atoms with Gasteiger partial charge in [0.05, 0.1) is 0 Å². The average Bonchev–Trinajstić information content (AvgIpc) is 2.39. The highest BCUT2D eigenvalue weighted by molar-refractivity contribution is 5.74. The predicted molar refractivity (Wildman–Crippen MR) is 71.0 cm³/mol. The van der Waals surface area contributed by atoms with Crippen molar-refractivity contribution in [2.45, 2.75) is 25.2 Å². The number of nitrogens with one attached hydrogen (secondary N) is 1. The lowest BCUT2D eigenvalue weighted by Gasteiger charge is -2.45. The number of hydrogen-bond donors (Lipinski definition) is 1. The second-order valence-corrected chi connectivity index (χ2v) is 5.43. The second-order valence-electron chi connectivity index (χ2n) is 5.43. The zero-order valence-electron chi connectivity index (χ0n) is 10.1. The van der Waals surface area contributed by atoms with Gasteiger partial charge in [-0.2, -0.15) is 0 Å². The number of anilines is 2. The van der Waals surface area contributed by atoms with Gasteiger partial charge in [-0.1, -0.05) is 38.1 Å². The van der Waals surface area contributed by atoms with E-state index in [1.54, 1.807) is 0 Å². The van der Waals surface area contributed by atoms with Crippen molar-refractivity contribution >= 4 is 11.4 Å². The topological polar surface area (TPSA) is 12.0 Å². The van der Waals surface area contributed by atoms with Crippen LogP contribution < -0.4 is 5.32 Å². The maximum absolute atomic E-state index is 3.53. The van der Waals surface area contributed by atoms with Crippen LogP contribution in [0.15, 0.2) is 42.5 Å². The normalized spacial score (nSPS) is 27.5. The molecule has 2 atom stereocenters. The van der Waals surface area contributed by atoms with Crippen LogP contribution in [-0.2, 0) is 5.41 Å². The summed E-state index contributed by atoms with van der Waals surface area (Å²) in [6.07, 6.45) is 0. The fourth-order valence-corrected chi connectivity index (χ4v) is 3.31. The van der Waals surface area contributed by atoms with Crippen molar-refractivity contribution in [1.29, 1.82) is 0 Å². The third-order valence-electron chi connectivity index (χ3n) is 4.73. The molecule has 17 heavy (non-hydrogen) atoms. The first-order valence-electron chi connectivity index (χ1n) is 6.21. The number of fused-ring (bicyclic) bond motifs is 3. The van der Waals surface area contributed by atoms with E-state index >= 15 is 0 Å². The molecule has 1 heteroatoms. The third kappa shape index (κ3) is 0.956. The van der Waals surface area contributed by atoms with Crippen LogP contribution in [0, 0.1) is 0 Å². The number of rotatable bonds is 0. The average molecular weight is 221 g/mol. The molecule has 4 bridgehead atoms. The summed E-state index contributed by atoms with van der Waals surface area (Å²) in [4.78, 5) is 0. The molecule has 0 fully saturated rings. The summed E-state index contributed by atoms with van der Waals surface area (Å²) in [6, 6.07) is 15.7. The summed E-state index contributed by atoms with van der Waals surface area (Å²) in [5.74, 6) is 0.534. The van der Waals surface area contributed by atoms with E-state index in [0.29, 0.717) is 5.92 Å². The maximum atomic E-state index is 3.53. The molecule has 5 rings (SSSR count). The van der Waals surface area contributed by atoms with Gasteiger partial charge < -0.3 is 5.32 Å². The Morgan fingerprint density at radius 3 is 2.53 bits per heavy atom. The molecule has 84 valence electrons. The molecule has 0 saturated carbocycles. The van der Waals surface area contributed by atoms with Crippen LogP contribution in [0.4, 0.5) is 11.4 Å². The van der Waals surface area contributed by atoms with Crippen LogP contribution in [0.25, 0.3) is 0 Å². The Morgan fingerprint density at radius 2 is 1.82 bits per heavy atom. The summed E-state index contributed by atoms with van der Waals surface area (Å²) in [5.41, 5.74) is 7.00. The van der Waals surface area contributed by atoms with E-state index in [-0.39, 0.29) is 5.41 Å². The Morgan fingerprint density at radius 1 is 1.06 bits per heavy atom. The Labute approximate surface area is 101 Å². The highest BCUT2D eigenvalue weighted by atomic mass is 14.9. The molecule has 2 aromatic rings. The number of hydrogen-bond acceptors (Lipinski definition) is 1. The molecule has 0 saturated heterocycles. The van der Waals surface area contributed by atoms with Gasteiger partial charge in [0.25, 0.3) is 0 Å².